The lowest BCUT2D eigenvalue weighted by Gasteiger charge is -2.16. The SMILES string of the molecule is CCNCc1coc(CN(C)CCC(C)C)c1. The van der Waals surface area contributed by atoms with E-state index in [1.807, 2.05) is 6.26 Å². The summed E-state index contributed by atoms with van der Waals surface area (Å²) in [6, 6.07) is 2.15. The Balaban J connectivity index is 2.32. The van der Waals surface area contributed by atoms with E-state index in [2.05, 4.69) is 44.1 Å². The van der Waals surface area contributed by atoms with E-state index in [0.29, 0.717) is 0 Å². The maximum Gasteiger partial charge on any atom is 0.118 e. The molecule has 0 aliphatic rings. The second-order valence-electron chi connectivity index (χ2n) is 5.12. The standard InChI is InChI=1S/C14H26N2O/c1-5-15-9-13-8-14(17-11-13)10-16(4)7-6-12(2)3/h8,11-12,15H,5-7,9-10H2,1-4H3. The predicted molar refractivity (Wildman–Crippen MR) is 71.9 cm³/mol. The molecule has 0 saturated carbocycles. The lowest BCUT2D eigenvalue weighted by molar-refractivity contribution is 0.278. The molecule has 0 aromatic carbocycles. The maximum atomic E-state index is 5.56. The molecule has 17 heavy (non-hydrogen) atoms. The van der Waals surface area contributed by atoms with Crippen LogP contribution in [0.15, 0.2) is 16.7 Å². The predicted octanol–water partition coefficient (Wildman–Crippen LogP) is 2.87. The van der Waals surface area contributed by atoms with Gasteiger partial charge >= 0.3 is 0 Å². The molecule has 98 valence electrons. The number of furan rings is 1. The molecule has 3 nitrogen and oxygen atoms in total. The molecule has 1 aromatic heterocycles. The minimum absolute atomic E-state index is 0.762. The molecule has 0 aliphatic carbocycles. The van der Waals surface area contributed by atoms with Crippen LogP contribution in [0, 0.1) is 5.92 Å². The van der Waals surface area contributed by atoms with E-state index in [-0.39, 0.29) is 0 Å². The van der Waals surface area contributed by atoms with Crippen LogP contribution in [0.1, 0.15) is 38.5 Å². The summed E-state index contributed by atoms with van der Waals surface area (Å²) in [6.45, 7) is 10.6. The number of hydrogen-bond acceptors (Lipinski definition) is 3. The van der Waals surface area contributed by atoms with Crippen LogP contribution >= 0.6 is 0 Å². The second-order valence-corrected chi connectivity index (χ2v) is 5.12. The molecular formula is C14H26N2O. The van der Waals surface area contributed by atoms with Gasteiger partial charge in [-0.3, -0.25) is 4.90 Å². The summed E-state index contributed by atoms with van der Waals surface area (Å²) in [4.78, 5) is 2.32. The van der Waals surface area contributed by atoms with E-state index in [4.69, 9.17) is 4.42 Å². The van der Waals surface area contributed by atoms with Gasteiger partial charge in [0.05, 0.1) is 12.8 Å². The van der Waals surface area contributed by atoms with Crippen molar-refractivity contribution in [2.45, 2.75) is 40.3 Å². The van der Waals surface area contributed by atoms with Crippen molar-refractivity contribution in [1.82, 2.24) is 10.2 Å². The zero-order chi connectivity index (χ0) is 12.7. The highest BCUT2D eigenvalue weighted by Gasteiger charge is 2.06. The van der Waals surface area contributed by atoms with E-state index in [1.165, 1.54) is 12.0 Å². The van der Waals surface area contributed by atoms with E-state index in [9.17, 15) is 0 Å². The van der Waals surface area contributed by atoms with Gasteiger partial charge in [-0.25, -0.2) is 0 Å². The Morgan fingerprint density at radius 3 is 2.82 bits per heavy atom. The highest BCUT2D eigenvalue weighted by molar-refractivity contribution is 5.12. The van der Waals surface area contributed by atoms with E-state index in [1.54, 1.807) is 0 Å². The topological polar surface area (TPSA) is 28.4 Å². The first-order valence-electron chi connectivity index (χ1n) is 6.57. The summed E-state index contributed by atoms with van der Waals surface area (Å²) in [5.74, 6) is 1.82. The summed E-state index contributed by atoms with van der Waals surface area (Å²) in [5, 5.41) is 3.30. The average molecular weight is 238 g/mol. The van der Waals surface area contributed by atoms with Gasteiger partial charge in [-0.05, 0) is 38.5 Å². The van der Waals surface area contributed by atoms with Crippen LogP contribution in [-0.4, -0.2) is 25.0 Å². The van der Waals surface area contributed by atoms with Gasteiger partial charge < -0.3 is 9.73 Å². The molecule has 1 N–H and O–H groups in total. The fourth-order valence-electron chi connectivity index (χ4n) is 1.69. The van der Waals surface area contributed by atoms with Gasteiger partial charge in [-0.15, -0.1) is 0 Å². The molecule has 0 saturated heterocycles. The van der Waals surface area contributed by atoms with Crippen molar-refractivity contribution in [3.8, 4) is 0 Å². The molecular weight excluding hydrogens is 212 g/mol. The van der Waals surface area contributed by atoms with Crippen LogP contribution in [0.25, 0.3) is 0 Å². The third kappa shape index (κ3) is 5.89. The zero-order valence-corrected chi connectivity index (χ0v) is 11.6. The normalized spacial score (nSPS) is 11.6. The van der Waals surface area contributed by atoms with Crippen molar-refractivity contribution in [3.05, 3.63) is 23.7 Å². The lowest BCUT2D eigenvalue weighted by Crippen LogP contribution is -2.20. The van der Waals surface area contributed by atoms with Gasteiger partial charge in [-0.2, -0.15) is 0 Å². The molecule has 0 aliphatic heterocycles. The highest BCUT2D eigenvalue weighted by Crippen LogP contribution is 2.11. The summed E-state index contributed by atoms with van der Waals surface area (Å²) in [5.41, 5.74) is 1.24. The van der Waals surface area contributed by atoms with Crippen LogP contribution in [0.4, 0.5) is 0 Å². The smallest absolute Gasteiger partial charge is 0.118 e. The first kappa shape index (κ1) is 14.3. The summed E-state index contributed by atoms with van der Waals surface area (Å²) < 4.78 is 5.56. The Labute approximate surface area is 105 Å². The van der Waals surface area contributed by atoms with Crippen LogP contribution in [0.2, 0.25) is 0 Å². The Morgan fingerprint density at radius 2 is 2.18 bits per heavy atom. The molecule has 0 unspecified atom stereocenters. The summed E-state index contributed by atoms with van der Waals surface area (Å²) >= 11 is 0. The van der Waals surface area contributed by atoms with Gasteiger partial charge in [0, 0.05) is 12.1 Å². The average Bonchev–Trinajstić information content (AvgIpc) is 2.71. The fraction of sp³-hybridized carbons (Fsp3) is 0.714. The largest absolute Gasteiger partial charge is 0.468 e. The van der Waals surface area contributed by atoms with Crippen LogP contribution in [-0.2, 0) is 13.1 Å². The van der Waals surface area contributed by atoms with Crippen LogP contribution < -0.4 is 5.32 Å². The Kier molecular flexibility index (Phi) is 6.30. The highest BCUT2D eigenvalue weighted by atomic mass is 16.3. The molecule has 0 amide bonds. The lowest BCUT2D eigenvalue weighted by atomic mass is 10.1. The third-order valence-corrected chi connectivity index (χ3v) is 2.80. The quantitative estimate of drug-likeness (QED) is 0.755. The van der Waals surface area contributed by atoms with Crippen LogP contribution in [0.3, 0.4) is 0 Å². The molecule has 0 spiro atoms. The van der Waals surface area contributed by atoms with Crippen molar-refractivity contribution in [2.24, 2.45) is 5.92 Å². The van der Waals surface area contributed by atoms with Crippen molar-refractivity contribution in [3.63, 3.8) is 0 Å². The van der Waals surface area contributed by atoms with E-state index in [0.717, 1.165) is 37.9 Å². The van der Waals surface area contributed by atoms with Gasteiger partial charge in [-0.1, -0.05) is 20.8 Å². The molecule has 0 fully saturated rings. The van der Waals surface area contributed by atoms with Gasteiger partial charge in [0.15, 0.2) is 0 Å². The molecule has 0 bridgehead atoms. The molecule has 0 atom stereocenters. The van der Waals surface area contributed by atoms with Crippen LogP contribution in [0.5, 0.6) is 0 Å². The van der Waals surface area contributed by atoms with Gasteiger partial charge in [0.1, 0.15) is 5.76 Å². The number of hydrogen-bond donors (Lipinski definition) is 1. The fourth-order valence-corrected chi connectivity index (χ4v) is 1.69. The molecule has 0 radical (unpaired) electrons. The second kappa shape index (κ2) is 7.51. The van der Waals surface area contributed by atoms with E-state index < -0.39 is 0 Å². The monoisotopic (exact) mass is 238 g/mol. The number of rotatable bonds is 8. The molecule has 1 aromatic rings. The van der Waals surface area contributed by atoms with Crippen molar-refractivity contribution < 1.29 is 4.42 Å². The van der Waals surface area contributed by atoms with Crippen molar-refractivity contribution >= 4 is 0 Å². The molecule has 1 heterocycles. The third-order valence-electron chi connectivity index (χ3n) is 2.80. The van der Waals surface area contributed by atoms with E-state index >= 15 is 0 Å². The first-order chi connectivity index (χ1) is 8.11. The number of nitrogens with one attached hydrogen (secondary N) is 1. The number of nitrogens with zero attached hydrogens (tertiary/aromatic N) is 1. The molecule has 1 rings (SSSR count). The van der Waals surface area contributed by atoms with Crippen molar-refractivity contribution in [2.75, 3.05) is 20.1 Å². The van der Waals surface area contributed by atoms with Crippen molar-refractivity contribution in [1.29, 1.82) is 0 Å². The Bertz CT molecular complexity index is 307. The Hall–Kier alpha value is -0.800. The van der Waals surface area contributed by atoms with Gasteiger partial charge in [0.2, 0.25) is 0 Å². The Morgan fingerprint density at radius 1 is 1.41 bits per heavy atom. The maximum absolute atomic E-state index is 5.56. The zero-order valence-electron chi connectivity index (χ0n) is 11.6. The first-order valence-corrected chi connectivity index (χ1v) is 6.57. The minimum atomic E-state index is 0.762. The summed E-state index contributed by atoms with van der Waals surface area (Å²) in [7, 11) is 2.15. The summed E-state index contributed by atoms with van der Waals surface area (Å²) in [6.07, 6.45) is 3.09. The minimum Gasteiger partial charge on any atom is -0.468 e. The van der Waals surface area contributed by atoms with Gasteiger partial charge in [0.25, 0.3) is 0 Å². The molecule has 3 heteroatoms.